The summed E-state index contributed by atoms with van der Waals surface area (Å²) in [7, 11) is 1.52. The lowest BCUT2D eigenvalue weighted by atomic mass is 10.0. The Bertz CT molecular complexity index is 778. The number of benzene rings is 2. The summed E-state index contributed by atoms with van der Waals surface area (Å²) in [4.78, 5) is 23.8. The molecule has 2 aromatic carbocycles. The van der Waals surface area contributed by atoms with Crippen molar-refractivity contribution >= 4 is 23.4 Å². The van der Waals surface area contributed by atoms with Crippen LogP contribution in [-0.2, 0) is 14.3 Å². The summed E-state index contributed by atoms with van der Waals surface area (Å²) >= 11 is 5.92. The van der Waals surface area contributed by atoms with Crippen molar-refractivity contribution in [1.29, 1.82) is 0 Å². The van der Waals surface area contributed by atoms with Gasteiger partial charge in [-0.2, -0.15) is 0 Å². The van der Waals surface area contributed by atoms with Crippen molar-refractivity contribution in [1.82, 2.24) is 5.32 Å². The number of rotatable bonds is 10. The standard InChI is InChI=1S/C21H25ClN2O4/c1-14(28-13-27-2)19(11-12-20(23)25)24-21(26)17-5-3-15(4-6-17)16-7-9-18(22)10-8-16/h3-10,14,19H,11-13H2,1-2H3,(H2,23,25)(H,24,26). The minimum atomic E-state index is -0.425. The predicted molar refractivity (Wildman–Crippen MR) is 109 cm³/mol. The molecule has 7 heteroatoms. The van der Waals surface area contributed by atoms with Crippen molar-refractivity contribution in [3.63, 3.8) is 0 Å². The fraction of sp³-hybridized carbons (Fsp3) is 0.333. The van der Waals surface area contributed by atoms with E-state index in [0.29, 0.717) is 17.0 Å². The quantitative estimate of drug-likeness (QED) is 0.594. The van der Waals surface area contributed by atoms with Crippen LogP contribution in [0.1, 0.15) is 30.1 Å². The minimum absolute atomic E-state index is 0.0971. The van der Waals surface area contributed by atoms with Gasteiger partial charge in [-0.25, -0.2) is 0 Å². The first-order chi connectivity index (χ1) is 13.4. The van der Waals surface area contributed by atoms with E-state index in [1.165, 1.54) is 7.11 Å². The van der Waals surface area contributed by atoms with Crippen molar-refractivity contribution in [2.24, 2.45) is 5.73 Å². The number of halogens is 1. The predicted octanol–water partition coefficient (Wildman–Crippen LogP) is 3.38. The highest BCUT2D eigenvalue weighted by Crippen LogP contribution is 2.22. The normalized spacial score (nSPS) is 13.0. The molecule has 0 radical (unpaired) electrons. The fourth-order valence-corrected chi connectivity index (χ4v) is 2.85. The van der Waals surface area contributed by atoms with Crippen molar-refractivity contribution in [3.8, 4) is 11.1 Å². The van der Waals surface area contributed by atoms with E-state index in [2.05, 4.69) is 5.32 Å². The molecule has 0 spiro atoms. The van der Waals surface area contributed by atoms with E-state index in [4.69, 9.17) is 26.8 Å². The van der Waals surface area contributed by atoms with Crippen LogP contribution in [0, 0.1) is 0 Å². The highest BCUT2D eigenvalue weighted by atomic mass is 35.5. The minimum Gasteiger partial charge on any atom is -0.370 e. The van der Waals surface area contributed by atoms with Gasteiger partial charge in [0.15, 0.2) is 0 Å². The van der Waals surface area contributed by atoms with Gasteiger partial charge in [-0.3, -0.25) is 9.59 Å². The second-order valence-electron chi connectivity index (χ2n) is 6.45. The first-order valence-electron chi connectivity index (χ1n) is 8.96. The van der Waals surface area contributed by atoms with E-state index in [0.717, 1.165) is 11.1 Å². The van der Waals surface area contributed by atoms with Crippen LogP contribution in [0.3, 0.4) is 0 Å². The van der Waals surface area contributed by atoms with Crippen LogP contribution in [0.2, 0.25) is 5.02 Å². The molecule has 0 bridgehead atoms. The van der Waals surface area contributed by atoms with E-state index in [1.807, 2.05) is 43.3 Å². The second-order valence-corrected chi connectivity index (χ2v) is 6.88. The third-order valence-corrected chi connectivity index (χ3v) is 4.61. The molecule has 150 valence electrons. The summed E-state index contributed by atoms with van der Waals surface area (Å²) in [5.74, 6) is -0.671. The van der Waals surface area contributed by atoms with Crippen molar-refractivity contribution in [3.05, 3.63) is 59.1 Å². The number of hydrogen-bond donors (Lipinski definition) is 2. The zero-order valence-corrected chi connectivity index (χ0v) is 16.7. The summed E-state index contributed by atoms with van der Waals surface area (Å²) in [6.45, 7) is 1.91. The molecule has 0 saturated carbocycles. The molecule has 0 heterocycles. The van der Waals surface area contributed by atoms with Crippen molar-refractivity contribution < 1.29 is 19.1 Å². The van der Waals surface area contributed by atoms with Crippen LogP contribution >= 0.6 is 11.6 Å². The van der Waals surface area contributed by atoms with Crippen LogP contribution in [0.25, 0.3) is 11.1 Å². The van der Waals surface area contributed by atoms with Gasteiger partial charge in [0, 0.05) is 24.1 Å². The molecular formula is C21H25ClN2O4. The molecular weight excluding hydrogens is 380 g/mol. The highest BCUT2D eigenvalue weighted by Gasteiger charge is 2.21. The maximum atomic E-state index is 12.6. The zero-order chi connectivity index (χ0) is 20.5. The lowest BCUT2D eigenvalue weighted by Gasteiger charge is -2.25. The Hall–Kier alpha value is -2.41. The van der Waals surface area contributed by atoms with Gasteiger partial charge in [-0.05, 0) is 48.7 Å². The molecule has 0 fully saturated rings. The van der Waals surface area contributed by atoms with Gasteiger partial charge in [0.1, 0.15) is 6.79 Å². The van der Waals surface area contributed by atoms with Crippen molar-refractivity contribution in [2.45, 2.75) is 31.9 Å². The Labute approximate surface area is 170 Å². The molecule has 0 saturated heterocycles. The van der Waals surface area contributed by atoms with Crippen LogP contribution in [0.5, 0.6) is 0 Å². The van der Waals surface area contributed by atoms with Gasteiger partial charge in [0.25, 0.3) is 5.91 Å². The average Bonchev–Trinajstić information content (AvgIpc) is 2.69. The van der Waals surface area contributed by atoms with Crippen LogP contribution < -0.4 is 11.1 Å². The summed E-state index contributed by atoms with van der Waals surface area (Å²) in [6.07, 6.45) is 0.201. The van der Waals surface area contributed by atoms with Crippen LogP contribution in [-0.4, -0.2) is 37.9 Å². The van der Waals surface area contributed by atoms with Crippen LogP contribution in [0.4, 0.5) is 0 Å². The average molecular weight is 405 g/mol. The third kappa shape index (κ3) is 6.64. The van der Waals surface area contributed by atoms with Gasteiger partial charge in [0.2, 0.25) is 5.91 Å². The van der Waals surface area contributed by atoms with E-state index >= 15 is 0 Å². The Morgan fingerprint density at radius 1 is 1.07 bits per heavy atom. The van der Waals surface area contributed by atoms with Crippen LogP contribution in [0.15, 0.2) is 48.5 Å². The molecule has 0 aliphatic carbocycles. The largest absolute Gasteiger partial charge is 0.370 e. The lowest BCUT2D eigenvalue weighted by molar-refractivity contribution is -0.118. The monoisotopic (exact) mass is 404 g/mol. The summed E-state index contributed by atoms with van der Waals surface area (Å²) in [5.41, 5.74) is 7.75. The second kappa shape index (κ2) is 10.8. The molecule has 2 rings (SSSR count). The Kier molecular flexibility index (Phi) is 8.44. The van der Waals surface area contributed by atoms with Gasteiger partial charge in [-0.1, -0.05) is 35.9 Å². The maximum Gasteiger partial charge on any atom is 0.251 e. The SMILES string of the molecule is COCOC(C)C(CCC(N)=O)NC(=O)c1ccc(-c2ccc(Cl)cc2)cc1. The van der Waals surface area contributed by atoms with Gasteiger partial charge in [0.05, 0.1) is 12.1 Å². The van der Waals surface area contributed by atoms with Crippen molar-refractivity contribution in [2.75, 3.05) is 13.9 Å². The molecule has 6 nitrogen and oxygen atoms in total. The number of nitrogens with one attached hydrogen (secondary N) is 1. The number of carbonyl (C=O) groups is 2. The van der Waals surface area contributed by atoms with Gasteiger partial charge < -0.3 is 20.5 Å². The van der Waals surface area contributed by atoms with E-state index < -0.39 is 5.91 Å². The van der Waals surface area contributed by atoms with Gasteiger partial charge >= 0.3 is 0 Å². The lowest BCUT2D eigenvalue weighted by Crippen LogP contribution is -2.44. The third-order valence-electron chi connectivity index (χ3n) is 4.36. The Balaban J connectivity index is 2.06. The molecule has 0 aromatic heterocycles. The molecule has 2 unspecified atom stereocenters. The van der Waals surface area contributed by atoms with E-state index in [1.54, 1.807) is 12.1 Å². The van der Waals surface area contributed by atoms with Gasteiger partial charge in [-0.15, -0.1) is 0 Å². The first-order valence-corrected chi connectivity index (χ1v) is 9.34. The number of primary amides is 1. The summed E-state index contributed by atoms with van der Waals surface area (Å²) < 4.78 is 10.4. The number of hydrogen-bond acceptors (Lipinski definition) is 4. The number of nitrogens with two attached hydrogens (primary N) is 1. The van der Waals surface area contributed by atoms with E-state index in [-0.39, 0.29) is 31.3 Å². The summed E-state index contributed by atoms with van der Waals surface area (Å²) in [5, 5.41) is 3.59. The number of methoxy groups -OCH3 is 1. The molecule has 3 N–H and O–H groups in total. The molecule has 0 aliphatic heterocycles. The maximum absolute atomic E-state index is 12.6. The molecule has 0 aliphatic rings. The molecule has 28 heavy (non-hydrogen) atoms. The Morgan fingerprint density at radius 3 is 2.18 bits per heavy atom. The molecule has 2 atom stereocenters. The fourth-order valence-electron chi connectivity index (χ4n) is 2.72. The zero-order valence-electron chi connectivity index (χ0n) is 16.0. The summed E-state index contributed by atoms with van der Waals surface area (Å²) in [6, 6.07) is 14.4. The molecule has 2 amide bonds. The smallest absolute Gasteiger partial charge is 0.251 e. The van der Waals surface area contributed by atoms with E-state index in [9.17, 15) is 9.59 Å². The highest BCUT2D eigenvalue weighted by molar-refractivity contribution is 6.30. The number of ether oxygens (including phenoxy) is 2. The number of carbonyl (C=O) groups excluding carboxylic acids is 2. The first kappa shape index (κ1) is 21.9. The number of amides is 2. The molecule has 2 aromatic rings. The topological polar surface area (TPSA) is 90.7 Å². The Morgan fingerprint density at radius 2 is 1.64 bits per heavy atom.